The van der Waals surface area contributed by atoms with E-state index in [1.165, 1.54) is 6.33 Å². The Balaban J connectivity index is 1.42. The monoisotopic (exact) mass is 432 g/mol. The summed E-state index contributed by atoms with van der Waals surface area (Å²) in [5, 5.41) is 5.10. The van der Waals surface area contributed by atoms with Gasteiger partial charge in [-0.25, -0.2) is 19.9 Å². The van der Waals surface area contributed by atoms with Crippen LogP contribution in [0.25, 0.3) is 27.8 Å². The molecule has 0 saturated heterocycles. The molecule has 0 fully saturated rings. The predicted octanol–water partition coefficient (Wildman–Crippen LogP) is 3.62. The number of anilines is 2. The zero-order chi connectivity index (χ0) is 21.4. The molecule has 5 aromatic rings. The SMILES string of the molecule is CNc1ccc2ccc(OCc3cncc(-n4cc(Cl)c5c(N)ncnc54)n3)cc2n1. The zero-order valence-corrected chi connectivity index (χ0v) is 17.2. The largest absolute Gasteiger partial charge is 0.487 e. The number of nitrogens with zero attached hydrogens (tertiary/aromatic N) is 6. The Kier molecular flexibility index (Phi) is 4.72. The van der Waals surface area contributed by atoms with Gasteiger partial charge >= 0.3 is 0 Å². The first kappa shape index (κ1) is 19.0. The number of pyridine rings is 1. The Morgan fingerprint density at radius 2 is 2.00 bits per heavy atom. The van der Waals surface area contributed by atoms with E-state index in [-0.39, 0.29) is 6.61 Å². The first-order chi connectivity index (χ1) is 15.1. The van der Waals surface area contributed by atoms with Crippen molar-refractivity contribution < 1.29 is 4.74 Å². The molecule has 9 nitrogen and oxygen atoms in total. The Hall–Kier alpha value is -3.98. The first-order valence-corrected chi connectivity index (χ1v) is 9.80. The molecule has 0 aliphatic heterocycles. The standard InChI is InChI=1S/C21H17ClN8O/c1-24-17-5-3-12-2-4-14(6-16(12)29-17)31-10-13-7-25-8-18(28-13)30-9-15(22)19-20(23)26-11-27-21(19)30/h2-9,11H,10H2,1H3,(H,24,29)(H2,23,26,27). The molecule has 0 amide bonds. The lowest BCUT2D eigenvalue weighted by Gasteiger charge is -2.09. The molecule has 0 radical (unpaired) electrons. The highest BCUT2D eigenvalue weighted by molar-refractivity contribution is 6.36. The van der Waals surface area contributed by atoms with Gasteiger partial charge in [-0.1, -0.05) is 11.6 Å². The minimum absolute atomic E-state index is 0.238. The van der Waals surface area contributed by atoms with E-state index in [1.807, 2.05) is 37.4 Å². The summed E-state index contributed by atoms with van der Waals surface area (Å²) in [6, 6.07) is 9.71. The molecule has 10 heteroatoms. The lowest BCUT2D eigenvalue weighted by atomic mass is 10.2. The molecular formula is C21H17ClN8O. The molecule has 0 atom stereocenters. The second-order valence-corrected chi connectivity index (χ2v) is 7.17. The van der Waals surface area contributed by atoms with Gasteiger partial charge in [-0.15, -0.1) is 0 Å². The van der Waals surface area contributed by atoms with E-state index in [2.05, 4.69) is 30.2 Å². The fourth-order valence-corrected chi connectivity index (χ4v) is 3.56. The number of rotatable bonds is 5. The van der Waals surface area contributed by atoms with Crippen LogP contribution in [0.3, 0.4) is 0 Å². The van der Waals surface area contributed by atoms with Crippen LogP contribution in [0.4, 0.5) is 11.6 Å². The third-order valence-electron chi connectivity index (χ3n) is 4.79. The Labute approximate surface area is 181 Å². The third-order valence-corrected chi connectivity index (χ3v) is 5.08. The van der Waals surface area contributed by atoms with E-state index in [4.69, 9.17) is 22.1 Å². The van der Waals surface area contributed by atoms with Gasteiger partial charge in [-0.2, -0.15) is 0 Å². The van der Waals surface area contributed by atoms with Gasteiger partial charge in [0.15, 0.2) is 11.5 Å². The molecule has 0 spiro atoms. The summed E-state index contributed by atoms with van der Waals surface area (Å²) in [4.78, 5) is 21.7. The van der Waals surface area contributed by atoms with Crippen molar-refractivity contribution >= 4 is 45.2 Å². The maximum absolute atomic E-state index is 6.32. The summed E-state index contributed by atoms with van der Waals surface area (Å²) in [6.45, 7) is 0.238. The van der Waals surface area contributed by atoms with Crippen molar-refractivity contribution in [2.24, 2.45) is 0 Å². The maximum Gasteiger partial charge on any atom is 0.157 e. The highest BCUT2D eigenvalue weighted by atomic mass is 35.5. The number of aromatic nitrogens is 6. The molecule has 4 heterocycles. The summed E-state index contributed by atoms with van der Waals surface area (Å²) in [5.41, 5.74) is 7.99. The van der Waals surface area contributed by atoms with E-state index in [0.717, 1.165) is 16.7 Å². The van der Waals surface area contributed by atoms with Gasteiger partial charge in [0.2, 0.25) is 0 Å². The van der Waals surface area contributed by atoms with Crippen LogP contribution in [0, 0.1) is 0 Å². The third kappa shape index (κ3) is 3.55. The van der Waals surface area contributed by atoms with Crippen LogP contribution in [-0.2, 0) is 6.61 Å². The van der Waals surface area contributed by atoms with E-state index in [1.54, 1.807) is 23.2 Å². The van der Waals surface area contributed by atoms with Gasteiger partial charge in [0.05, 0.1) is 34.0 Å². The topological polar surface area (TPSA) is 117 Å². The van der Waals surface area contributed by atoms with Crippen LogP contribution >= 0.6 is 11.6 Å². The zero-order valence-electron chi connectivity index (χ0n) is 16.5. The predicted molar refractivity (Wildman–Crippen MR) is 119 cm³/mol. The lowest BCUT2D eigenvalue weighted by Crippen LogP contribution is -2.05. The summed E-state index contributed by atoms with van der Waals surface area (Å²) in [6.07, 6.45) is 6.35. The van der Waals surface area contributed by atoms with Crippen molar-refractivity contribution in [2.75, 3.05) is 18.1 Å². The summed E-state index contributed by atoms with van der Waals surface area (Å²) in [5.74, 6) is 2.35. The molecule has 0 saturated carbocycles. The van der Waals surface area contributed by atoms with Crippen molar-refractivity contribution in [1.29, 1.82) is 0 Å². The van der Waals surface area contributed by atoms with Crippen LogP contribution < -0.4 is 15.8 Å². The van der Waals surface area contributed by atoms with Crippen LogP contribution in [0.1, 0.15) is 5.69 Å². The average Bonchev–Trinajstić information content (AvgIpc) is 3.15. The number of halogens is 1. The van der Waals surface area contributed by atoms with E-state index in [0.29, 0.717) is 39.1 Å². The van der Waals surface area contributed by atoms with Gasteiger partial charge in [0.1, 0.15) is 30.3 Å². The van der Waals surface area contributed by atoms with Gasteiger partial charge < -0.3 is 15.8 Å². The lowest BCUT2D eigenvalue weighted by molar-refractivity contribution is 0.301. The fraction of sp³-hybridized carbons (Fsp3) is 0.0952. The minimum Gasteiger partial charge on any atom is -0.487 e. The molecule has 0 aliphatic rings. The molecule has 0 bridgehead atoms. The summed E-state index contributed by atoms with van der Waals surface area (Å²) in [7, 11) is 1.84. The number of nitrogen functional groups attached to an aromatic ring is 1. The Morgan fingerprint density at radius 3 is 2.87 bits per heavy atom. The second kappa shape index (κ2) is 7.69. The van der Waals surface area contributed by atoms with Crippen molar-refractivity contribution in [2.45, 2.75) is 6.61 Å². The summed E-state index contributed by atoms with van der Waals surface area (Å²) >= 11 is 6.32. The van der Waals surface area contributed by atoms with Crippen molar-refractivity contribution in [1.82, 2.24) is 29.5 Å². The average molecular weight is 433 g/mol. The molecule has 1 aromatic carbocycles. The molecule has 3 N–H and O–H groups in total. The molecule has 31 heavy (non-hydrogen) atoms. The fourth-order valence-electron chi connectivity index (χ4n) is 3.28. The quantitative estimate of drug-likeness (QED) is 0.432. The van der Waals surface area contributed by atoms with E-state index >= 15 is 0 Å². The number of hydrogen-bond acceptors (Lipinski definition) is 8. The molecule has 0 unspecified atom stereocenters. The smallest absolute Gasteiger partial charge is 0.157 e. The number of benzene rings is 1. The summed E-state index contributed by atoms with van der Waals surface area (Å²) < 4.78 is 7.66. The first-order valence-electron chi connectivity index (χ1n) is 9.42. The second-order valence-electron chi connectivity index (χ2n) is 6.76. The van der Waals surface area contributed by atoms with Crippen LogP contribution in [0.5, 0.6) is 5.75 Å². The number of nitrogens with one attached hydrogen (secondary N) is 1. The van der Waals surface area contributed by atoms with E-state index < -0.39 is 0 Å². The normalized spacial score (nSPS) is 11.2. The van der Waals surface area contributed by atoms with Gasteiger partial charge in [0.25, 0.3) is 0 Å². The van der Waals surface area contributed by atoms with Crippen molar-refractivity contribution in [3.05, 3.63) is 66.0 Å². The highest BCUT2D eigenvalue weighted by Gasteiger charge is 2.14. The van der Waals surface area contributed by atoms with Gasteiger partial charge in [-0.3, -0.25) is 9.55 Å². The Morgan fingerprint density at radius 1 is 1.13 bits per heavy atom. The van der Waals surface area contributed by atoms with Gasteiger partial charge in [0, 0.05) is 24.7 Å². The molecule has 4 aromatic heterocycles. The molecular weight excluding hydrogens is 416 g/mol. The Bertz CT molecular complexity index is 1420. The highest BCUT2D eigenvalue weighted by Crippen LogP contribution is 2.29. The van der Waals surface area contributed by atoms with Crippen LogP contribution in [0.15, 0.2) is 55.2 Å². The van der Waals surface area contributed by atoms with Crippen molar-refractivity contribution in [3.63, 3.8) is 0 Å². The van der Waals surface area contributed by atoms with Crippen molar-refractivity contribution in [3.8, 4) is 11.6 Å². The minimum atomic E-state index is 0.238. The molecule has 154 valence electrons. The number of ether oxygens (including phenoxy) is 1. The van der Waals surface area contributed by atoms with Crippen LogP contribution in [0.2, 0.25) is 5.02 Å². The molecule has 5 rings (SSSR count). The number of hydrogen-bond donors (Lipinski definition) is 2. The maximum atomic E-state index is 6.32. The van der Waals surface area contributed by atoms with E-state index in [9.17, 15) is 0 Å². The number of fused-ring (bicyclic) bond motifs is 2. The molecule has 0 aliphatic carbocycles. The number of nitrogens with two attached hydrogens (primary N) is 1. The van der Waals surface area contributed by atoms with Crippen LogP contribution in [-0.4, -0.2) is 36.5 Å². The van der Waals surface area contributed by atoms with Gasteiger partial charge in [-0.05, 0) is 24.3 Å².